The molecule has 224 valence electrons. The molecular weight excluding hydrogens is 562 g/mol. The SMILES string of the molecule is NC(N)=Nc1cccc(C(=O)CCC(=O)NC[C@H](CC(=O)C2C3CCC(CC3)N2S(=O)(=O)c2ccccc2)C(=O)O)c1. The van der Waals surface area contributed by atoms with Gasteiger partial charge in [0.2, 0.25) is 15.9 Å². The predicted octanol–water partition coefficient (Wildman–Crippen LogP) is 1.96. The molecule has 0 spiro atoms. The van der Waals surface area contributed by atoms with Crippen LogP contribution in [0.5, 0.6) is 0 Å². The molecule has 2 heterocycles. The minimum atomic E-state index is -3.97. The number of fused-ring (bicyclic) bond motifs is 3. The number of hydrogen-bond donors (Lipinski definition) is 4. The van der Waals surface area contributed by atoms with Crippen molar-refractivity contribution in [3.63, 3.8) is 0 Å². The van der Waals surface area contributed by atoms with E-state index in [1.165, 1.54) is 22.5 Å². The van der Waals surface area contributed by atoms with Crippen molar-refractivity contribution >= 4 is 45.1 Å². The molecule has 1 unspecified atom stereocenters. The monoisotopic (exact) mass is 597 g/mol. The predicted molar refractivity (Wildman–Crippen MR) is 154 cm³/mol. The number of ketones is 2. The lowest BCUT2D eigenvalue weighted by Gasteiger charge is -2.49. The fourth-order valence-corrected chi connectivity index (χ4v) is 7.71. The number of carbonyl (C=O) groups excluding carboxylic acids is 3. The Morgan fingerprint density at radius 2 is 1.67 bits per heavy atom. The van der Waals surface area contributed by atoms with Gasteiger partial charge in [0.25, 0.3) is 0 Å². The van der Waals surface area contributed by atoms with Crippen molar-refractivity contribution in [1.82, 2.24) is 9.62 Å². The molecule has 2 aromatic carbocycles. The van der Waals surface area contributed by atoms with E-state index in [0.29, 0.717) is 36.9 Å². The fourth-order valence-electron chi connectivity index (χ4n) is 5.78. The van der Waals surface area contributed by atoms with Gasteiger partial charge in [-0.05, 0) is 55.9 Å². The van der Waals surface area contributed by atoms with Crippen LogP contribution in [0.4, 0.5) is 5.69 Å². The molecule has 1 amide bonds. The number of nitrogens with one attached hydrogen (secondary N) is 1. The van der Waals surface area contributed by atoms with Crippen molar-refractivity contribution in [2.45, 2.75) is 61.9 Å². The Morgan fingerprint density at radius 1 is 0.976 bits per heavy atom. The van der Waals surface area contributed by atoms with Gasteiger partial charge >= 0.3 is 5.97 Å². The van der Waals surface area contributed by atoms with E-state index < -0.39 is 46.1 Å². The molecule has 1 saturated carbocycles. The summed E-state index contributed by atoms with van der Waals surface area (Å²) >= 11 is 0. The highest BCUT2D eigenvalue weighted by atomic mass is 32.2. The number of carbonyl (C=O) groups is 4. The molecule has 42 heavy (non-hydrogen) atoms. The zero-order valence-electron chi connectivity index (χ0n) is 23.0. The largest absolute Gasteiger partial charge is 0.481 e. The van der Waals surface area contributed by atoms with E-state index in [2.05, 4.69) is 10.3 Å². The molecule has 3 aliphatic rings. The van der Waals surface area contributed by atoms with Crippen LogP contribution in [0.1, 0.15) is 55.3 Å². The zero-order chi connectivity index (χ0) is 30.4. The first kappa shape index (κ1) is 30.8. The third kappa shape index (κ3) is 7.21. The van der Waals surface area contributed by atoms with E-state index in [1.54, 1.807) is 36.4 Å². The first-order valence-corrected chi connectivity index (χ1v) is 15.2. The molecule has 12 nitrogen and oxygen atoms in total. The maximum atomic E-state index is 13.6. The van der Waals surface area contributed by atoms with Crippen LogP contribution in [0.25, 0.3) is 0 Å². The number of rotatable bonds is 13. The number of benzene rings is 2. The van der Waals surface area contributed by atoms with E-state index in [-0.39, 0.29) is 48.0 Å². The van der Waals surface area contributed by atoms with Crippen molar-refractivity contribution in [2.75, 3.05) is 6.54 Å². The third-order valence-electron chi connectivity index (χ3n) is 7.82. The van der Waals surface area contributed by atoms with Gasteiger partial charge in [-0.2, -0.15) is 4.31 Å². The van der Waals surface area contributed by atoms with Crippen LogP contribution in [-0.2, 0) is 24.4 Å². The van der Waals surface area contributed by atoms with Crippen molar-refractivity contribution in [1.29, 1.82) is 0 Å². The Bertz CT molecular complexity index is 1470. The van der Waals surface area contributed by atoms with Crippen molar-refractivity contribution in [3.8, 4) is 0 Å². The topological polar surface area (TPSA) is 202 Å². The number of guanidine groups is 1. The smallest absolute Gasteiger partial charge is 0.308 e. The van der Waals surface area contributed by atoms with Crippen LogP contribution < -0.4 is 16.8 Å². The van der Waals surface area contributed by atoms with Crippen molar-refractivity contribution < 1.29 is 32.7 Å². The summed E-state index contributed by atoms with van der Waals surface area (Å²) in [4.78, 5) is 54.6. The lowest BCUT2D eigenvalue weighted by atomic mass is 9.74. The summed E-state index contributed by atoms with van der Waals surface area (Å²) in [5.41, 5.74) is 11.4. The van der Waals surface area contributed by atoms with Gasteiger partial charge < -0.3 is 21.9 Å². The average molecular weight is 598 g/mol. The molecule has 0 aromatic heterocycles. The average Bonchev–Trinajstić information content (AvgIpc) is 2.98. The molecule has 5 rings (SSSR count). The minimum Gasteiger partial charge on any atom is -0.481 e. The Hall–Kier alpha value is -4.10. The quantitative estimate of drug-likeness (QED) is 0.151. The molecule has 6 N–H and O–H groups in total. The standard InChI is InChI=1S/C29H35N5O7S/c30-29(31)33-21-6-4-5-19(15-21)24(35)13-14-26(37)32-17-20(28(38)39)16-25(36)27-18-9-11-22(12-10-18)34(27)42(40,41)23-7-2-1-3-8-23/h1-8,15,18,20,22,27H,9-14,16-17H2,(H,32,37)(H,38,39)(H4,30,31,33)/t18?,20-,22?,27?/m0/s1. The van der Waals surface area contributed by atoms with E-state index in [1.807, 2.05) is 0 Å². The normalized spacial score (nSPS) is 20.8. The zero-order valence-corrected chi connectivity index (χ0v) is 23.8. The van der Waals surface area contributed by atoms with E-state index in [0.717, 1.165) is 0 Å². The second kappa shape index (κ2) is 13.3. The van der Waals surface area contributed by atoms with Crippen LogP contribution in [0.3, 0.4) is 0 Å². The highest BCUT2D eigenvalue weighted by Crippen LogP contribution is 2.43. The molecule has 2 saturated heterocycles. The molecule has 2 atom stereocenters. The Labute approximate surface area is 244 Å². The molecule has 2 aliphatic heterocycles. The lowest BCUT2D eigenvalue weighted by Crippen LogP contribution is -2.60. The van der Waals surface area contributed by atoms with Gasteiger partial charge in [0.05, 0.1) is 22.5 Å². The van der Waals surface area contributed by atoms with Gasteiger partial charge in [-0.15, -0.1) is 0 Å². The molecule has 1 aliphatic carbocycles. The number of sulfonamides is 1. The molecule has 13 heteroatoms. The summed E-state index contributed by atoms with van der Waals surface area (Å²) in [6.07, 6.45) is 1.93. The van der Waals surface area contributed by atoms with E-state index in [9.17, 15) is 32.7 Å². The number of carboxylic acid groups (broad SMARTS) is 1. The Balaban J connectivity index is 1.37. The lowest BCUT2D eigenvalue weighted by molar-refractivity contribution is -0.145. The molecule has 3 fully saturated rings. The highest BCUT2D eigenvalue weighted by molar-refractivity contribution is 7.89. The number of aliphatic carboxylic acids is 1. The number of piperidine rings is 2. The summed E-state index contributed by atoms with van der Waals surface area (Å²) in [6, 6.07) is 12.9. The van der Waals surface area contributed by atoms with Crippen LogP contribution in [0, 0.1) is 11.8 Å². The Morgan fingerprint density at radius 3 is 2.31 bits per heavy atom. The number of carboxylic acids is 1. The maximum absolute atomic E-state index is 13.6. The number of amides is 1. The molecule has 2 aromatic rings. The third-order valence-corrected chi connectivity index (χ3v) is 9.77. The first-order valence-electron chi connectivity index (χ1n) is 13.8. The fraction of sp³-hybridized carbons (Fsp3) is 0.414. The van der Waals surface area contributed by atoms with Gasteiger partial charge in [0.1, 0.15) is 0 Å². The minimum absolute atomic E-state index is 0.0925. The van der Waals surface area contributed by atoms with E-state index in [4.69, 9.17) is 11.5 Å². The maximum Gasteiger partial charge on any atom is 0.308 e. The van der Waals surface area contributed by atoms with Crippen molar-refractivity contribution in [3.05, 3.63) is 60.2 Å². The van der Waals surface area contributed by atoms with Crippen LogP contribution in [-0.4, -0.2) is 65.9 Å². The number of hydrogen-bond acceptors (Lipinski definition) is 7. The van der Waals surface area contributed by atoms with Crippen LogP contribution in [0.15, 0.2) is 64.5 Å². The summed E-state index contributed by atoms with van der Waals surface area (Å²) in [6.45, 7) is -0.333. The number of aliphatic imine (C=N–C) groups is 1. The second-order valence-electron chi connectivity index (χ2n) is 10.7. The summed E-state index contributed by atoms with van der Waals surface area (Å²) in [7, 11) is -3.97. The number of Topliss-reactive ketones (excluding diaryl/α,β-unsaturated/α-hetero) is 2. The second-order valence-corrected chi connectivity index (χ2v) is 12.5. The molecule has 0 radical (unpaired) electrons. The molecular formula is C29H35N5O7S. The summed E-state index contributed by atoms with van der Waals surface area (Å²) in [5, 5.41) is 12.3. The highest BCUT2D eigenvalue weighted by Gasteiger charge is 2.51. The van der Waals surface area contributed by atoms with E-state index >= 15 is 0 Å². The number of nitrogens with two attached hydrogens (primary N) is 2. The van der Waals surface area contributed by atoms with Crippen LogP contribution in [0.2, 0.25) is 0 Å². The first-order chi connectivity index (χ1) is 20.0. The van der Waals surface area contributed by atoms with Crippen molar-refractivity contribution in [2.24, 2.45) is 28.3 Å². The summed E-state index contributed by atoms with van der Waals surface area (Å²) < 4.78 is 28.5. The number of nitrogens with zero attached hydrogens (tertiary/aromatic N) is 2. The van der Waals surface area contributed by atoms with Crippen LogP contribution >= 0.6 is 0 Å². The van der Waals surface area contributed by atoms with Gasteiger partial charge in [-0.1, -0.05) is 30.3 Å². The van der Waals surface area contributed by atoms with Gasteiger partial charge in [0.15, 0.2) is 17.5 Å². The summed E-state index contributed by atoms with van der Waals surface area (Å²) in [5.74, 6) is -4.23. The molecule has 2 bridgehead atoms. The van der Waals surface area contributed by atoms with Gasteiger partial charge in [-0.3, -0.25) is 19.2 Å². The Kier molecular flexibility index (Phi) is 9.74. The van der Waals surface area contributed by atoms with Gasteiger partial charge in [-0.25, -0.2) is 13.4 Å². The van der Waals surface area contributed by atoms with Gasteiger partial charge in [0, 0.05) is 37.4 Å².